The van der Waals surface area contributed by atoms with E-state index in [-0.39, 0.29) is 5.91 Å². The maximum Gasteiger partial charge on any atom is 0.220 e. The molecule has 1 aliphatic heterocycles. The number of rotatable bonds is 9. The van der Waals surface area contributed by atoms with Gasteiger partial charge in [-0.2, -0.15) is 0 Å². The van der Waals surface area contributed by atoms with Crippen molar-refractivity contribution >= 4 is 5.91 Å². The first-order chi connectivity index (χ1) is 13.7. The quantitative estimate of drug-likeness (QED) is 0.676. The molecule has 0 spiro atoms. The van der Waals surface area contributed by atoms with Gasteiger partial charge in [-0.3, -0.25) is 9.69 Å². The number of benzene rings is 2. The Kier molecular flexibility index (Phi) is 7.88. The topological polar surface area (TPSA) is 50.8 Å². The van der Waals surface area contributed by atoms with Crippen molar-refractivity contribution in [3.05, 3.63) is 65.2 Å². The van der Waals surface area contributed by atoms with Gasteiger partial charge >= 0.3 is 0 Å². The highest BCUT2D eigenvalue weighted by molar-refractivity contribution is 5.75. The fourth-order valence-corrected chi connectivity index (χ4v) is 3.20. The molecule has 2 aromatic rings. The van der Waals surface area contributed by atoms with Gasteiger partial charge in [0.15, 0.2) is 0 Å². The van der Waals surface area contributed by atoms with Gasteiger partial charge in [-0.05, 0) is 36.6 Å². The van der Waals surface area contributed by atoms with E-state index in [0.29, 0.717) is 26.0 Å². The molecule has 0 bridgehead atoms. The van der Waals surface area contributed by atoms with Crippen LogP contribution < -0.4 is 10.1 Å². The second-order valence-electron chi connectivity index (χ2n) is 7.25. The Labute approximate surface area is 167 Å². The van der Waals surface area contributed by atoms with Crippen molar-refractivity contribution in [1.82, 2.24) is 10.2 Å². The van der Waals surface area contributed by atoms with Crippen LogP contribution in [0.3, 0.4) is 0 Å². The molecule has 1 aliphatic rings. The summed E-state index contributed by atoms with van der Waals surface area (Å²) in [5.74, 6) is 0.911. The first-order valence-electron chi connectivity index (χ1n) is 10.0. The summed E-state index contributed by atoms with van der Waals surface area (Å²) < 4.78 is 11.1. The maximum absolute atomic E-state index is 12.1. The number of hydrogen-bond acceptors (Lipinski definition) is 4. The van der Waals surface area contributed by atoms with Crippen LogP contribution in [0.2, 0.25) is 0 Å². The molecule has 0 atom stereocenters. The van der Waals surface area contributed by atoms with Crippen LogP contribution in [-0.2, 0) is 22.6 Å². The lowest BCUT2D eigenvalue weighted by atomic mass is 10.1. The molecule has 1 amide bonds. The Morgan fingerprint density at radius 3 is 2.64 bits per heavy atom. The van der Waals surface area contributed by atoms with Crippen molar-refractivity contribution in [2.45, 2.75) is 32.9 Å². The lowest BCUT2D eigenvalue weighted by Crippen LogP contribution is -2.35. The minimum absolute atomic E-state index is 0.0612. The molecule has 0 unspecified atom stereocenters. The van der Waals surface area contributed by atoms with Crippen LogP contribution in [0.1, 0.15) is 29.5 Å². The summed E-state index contributed by atoms with van der Waals surface area (Å²) in [7, 11) is 0. The standard InChI is InChI=1S/C23H30N2O3/c1-19-7-9-22(10-8-19)28-13-3-6-23(26)24-17-20-4-2-5-21(16-20)18-25-11-14-27-15-12-25/h2,4-5,7-10,16H,3,6,11-15,17-18H2,1H3,(H,24,26). The third-order valence-electron chi connectivity index (χ3n) is 4.83. The average Bonchev–Trinajstić information content (AvgIpc) is 2.72. The van der Waals surface area contributed by atoms with Gasteiger partial charge in [-0.25, -0.2) is 0 Å². The van der Waals surface area contributed by atoms with Crippen LogP contribution in [-0.4, -0.2) is 43.7 Å². The van der Waals surface area contributed by atoms with E-state index in [1.165, 1.54) is 11.1 Å². The van der Waals surface area contributed by atoms with Gasteiger partial charge in [0.1, 0.15) is 5.75 Å². The summed E-state index contributed by atoms with van der Waals surface area (Å²) in [4.78, 5) is 14.5. The van der Waals surface area contributed by atoms with Crippen molar-refractivity contribution in [2.24, 2.45) is 0 Å². The highest BCUT2D eigenvalue weighted by Crippen LogP contribution is 2.12. The van der Waals surface area contributed by atoms with Crippen molar-refractivity contribution in [2.75, 3.05) is 32.9 Å². The van der Waals surface area contributed by atoms with Crippen LogP contribution in [0.4, 0.5) is 0 Å². The van der Waals surface area contributed by atoms with Gasteiger partial charge in [-0.15, -0.1) is 0 Å². The van der Waals surface area contributed by atoms with E-state index in [4.69, 9.17) is 9.47 Å². The van der Waals surface area contributed by atoms with E-state index >= 15 is 0 Å². The molecular weight excluding hydrogens is 352 g/mol. The predicted octanol–water partition coefficient (Wildman–Crippen LogP) is 3.30. The molecule has 28 heavy (non-hydrogen) atoms. The number of nitrogens with zero attached hydrogens (tertiary/aromatic N) is 1. The number of aryl methyl sites for hydroxylation is 1. The lowest BCUT2D eigenvalue weighted by Gasteiger charge is -2.26. The van der Waals surface area contributed by atoms with Crippen molar-refractivity contribution in [3.63, 3.8) is 0 Å². The first-order valence-corrected chi connectivity index (χ1v) is 10.0. The number of amides is 1. The molecule has 0 aromatic heterocycles. The van der Waals surface area contributed by atoms with Crippen molar-refractivity contribution < 1.29 is 14.3 Å². The third-order valence-corrected chi connectivity index (χ3v) is 4.83. The molecule has 1 saturated heterocycles. The monoisotopic (exact) mass is 382 g/mol. The summed E-state index contributed by atoms with van der Waals surface area (Å²) in [6, 6.07) is 16.4. The van der Waals surface area contributed by atoms with Gasteiger partial charge in [0.2, 0.25) is 5.91 Å². The number of nitrogens with one attached hydrogen (secondary N) is 1. The normalized spacial score (nSPS) is 14.6. The summed E-state index contributed by atoms with van der Waals surface area (Å²) in [5.41, 5.74) is 3.62. The minimum Gasteiger partial charge on any atom is -0.494 e. The zero-order valence-electron chi connectivity index (χ0n) is 16.7. The van der Waals surface area contributed by atoms with E-state index in [1.807, 2.05) is 31.2 Å². The molecule has 0 radical (unpaired) electrons. The van der Waals surface area contributed by atoms with Gasteiger partial charge < -0.3 is 14.8 Å². The molecule has 3 rings (SSSR count). The Morgan fingerprint density at radius 2 is 1.86 bits per heavy atom. The first kappa shape index (κ1) is 20.4. The van der Waals surface area contributed by atoms with Crippen molar-refractivity contribution in [1.29, 1.82) is 0 Å². The highest BCUT2D eigenvalue weighted by Gasteiger charge is 2.11. The average molecular weight is 383 g/mol. The second-order valence-corrected chi connectivity index (χ2v) is 7.25. The number of carbonyl (C=O) groups is 1. The number of morpholine rings is 1. The lowest BCUT2D eigenvalue weighted by molar-refractivity contribution is -0.121. The Hall–Kier alpha value is -2.37. The van der Waals surface area contributed by atoms with Crippen molar-refractivity contribution in [3.8, 4) is 5.75 Å². The number of carbonyl (C=O) groups excluding carboxylic acids is 1. The summed E-state index contributed by atoms with van der Waals surface area (Å²) in [6.07, 6.45) is 1.18. The maximum atomic E-state index is 12.1. The molecule has 0 aliphatic carbocycles. The fourth-order valence-electron chi connectivity index (χ4n) is 3.20. The molecule has 2 aromatic carbocycles. The van der Waals surface area contributed by atoms with Gasteiger partial charge in [0, 0.05) is 32.6 Å². The summed E-state index contributed by atoms with van der Waals surface area (Å²) in [5, 5.41) is 3.01. The Balaban J connectivity index is 1.34. The SMILES string of the molecule is Cc1ccc(OCCCC(=O)NCc2cccc(CN3CCOCC3)c2)cc1. The summed E-state index contributed by atoms with van der Waals surface area (Å²) >= 11 is 0. The smallest absolute Gasteiger partial charge is 0.220 e. The Morgan fingerprint density at radius 1 is 1.11 bits per heavy atom. The van der Waals surface area contributed by atoms with Gasteiger partial charge in [0.05, 0.1) is 19.8 Å². The summed E-state index contributed by atoms with van der Waals surface area (Å²) in [6.45, 7) is 7.66. The van der Waals surface area contributed by atoms with Gasteiger partial charge in [0.25, 0.3) is 0 Å². The molecule has 1 fully saturated rings. The van der Waals surface area contributed by atoms with Gasteiger partial charge in [-0.1, -0.05) is 42.0 Å². The molecule has 150 valence electrons. The van der Waals surface area contributed by atoms with Crippen LogP contribution >= 0.6 is 0 Å². The van der Waals surface area contributed by atoms with E-state index in [2.05, 4.69) is 34.5 Å². The molecule has 5 nitrogen and oxygen atoms in total. The zero-order chi connectivity index (χ0) is 19.6. The number of hydrogen-bond donors (Lipinski definition) is 1. The second kappa shape index (κ2) is 10.8. The predicted molar refractivity (Wildman–Crippen MR) is 110 cm³/mol. The minimum atomic E-state index is 0.0612. The largest absolute Gasteiger partial charge is 0.494 e. The van der Waals surface area contributed by atoms with E-state index in [0.717, 1.165) is 44.2 Å². The van der Waals surface area contributed by atoms with Crippen LogP contribution in [0, 0.1) is 6.92 Å². The fraction of sp³-hybridized carbons (Fsp3) is 0.435. The zero-order valence-corrected chi connectivity index (χ0v) is 16.7. The molecule has 0 saturated carbocycles. The number of ether oxygens (including phenoxy) is 2. The van der Waals surface area contributed by atoms with Crippen LogP contribution in [0.15, 0.2) is 48.5 Å². The highest BCUT2D eigenvalue weighted by atomic mass is 16.5. The third kappa shape index (κ3) is 6.98. The van der Waals surface area contributed by atoms with Crippen LogP contribution in [0.25, 0.3) is 0 Å². The molecule has 1 heterocycles. The Bertz CT molecular complexity index is 740. The molecule has 1 N–H and O–H groups in total. The van der Waals surface area contributed by atoms with Crippen LogP contribution in [0.5, 0.6) is 5.75 Å². The van der Waals surface area contributed by atoms with E-state index in [1.54, 1.807) is 0 Å². The molecular formula is C23H30N2O3. The van der Waals surface area contributed by atoms with E-state index in [9.17, 15) is 4.79 Å². The van der Waals surface area contributed by atoms with E-state index < -0.39 is 0 Å². The molecule has 5 heteroatoms.